The molecule has 340 valence electrons. The molecule has 0 fully saturated rings. The third-order valence-corrected chi connectivity index (χ3v) is 13.6. The Labute approximate surface area is 422 Å². The molecule has 12 rings (SSSR count). The minimum absolute atomic E-state index is 1.07. The first kappa shape index (κ1) is 43.8. The van der Waals surface area contributed by atoms with Crippen LogP contribution in [0.3, 0.4) is 0 Å². The fraction of sp³-hybridized carbons (Fsp3) is 0. The maximum absolute atomic E-state index is 2.38. The van der Waals surface area contributed by atoms with Crippen molar-refractivity contribution in [3.63, 3.8) is 0 Å². The van der Waals surface area contributed by atoms with Gasteiger partial charge in [-0.3, -0.25) is 0 Å². The van der Waals surface area contributed by atoms with Crippen molar-refractivity contribution in [2.24, 2.45) is 0 Å². The van der Waals surface area contributed by atoms with Crippen molar-refractivity contribution in [2.45, 2.75) is 0 Å². The van der Waals surface area contributed by atoms with Crippen molar-refractivity contribution >= 4 is 66.8 Å². The van der Waals surface area contributed by atoms with Crippen LogP contribution in [0.25, 0.3) is 54.9 Å². The second kappa shape index (κ2) is 19.8. The van der Waals surface area contributed by atoms with Gasteiger partial charge >= 0.3 is 0 Å². The lowest BCUT2D eigenvalue weighted by Gasteiger charge is -2.27. The van der Waals surface area contributed by atoms with Gasteiger partial charge in [0.05, 0.1) is 0 Å². The van der Waals surface area contributed by atoms with Gasteiger partial charge in [-0.05, 0) is 150 Å². The summed E-state index contributed by atoms with van der Waals surface area (Å²) in [5, 5.41) is 4.83. The van der Waals surface area contributed by atoms with Crippen molar-refractivity contribution in [2.75, 3.05) is 9.80 Å². The average Bonchev–Trinajstić information content (AvgIpc) is 3.46. The molecule has 0 aliphatic heterocycles. The van der Waals surface area contributed by atoms with Crippen LogP contribution in [0.15, 0.2) is 303 Å². The zero-order valence-corrected chi connectivity index (χ0v) is 39.8. The van der Waals surface area contributed by atoms with Gasteiger partial charge in [0.2, 0.25) is 0 Å². The molecular formula is C70H50N2. The molecule has 0 amide bonds. The van der Waals surface area contributed by atoms with Crippen LogP contribution in [-0.2, 0) is 0 Å². The predicted molar refractivity (Wildman–Crippen MR) is 306 cm³/mol. The van der Waals surface area contributed by atoms with E-state index in [1.807, 2.05) is 0 Å². The van der Waals surface area contributed by atoms with Gasteiger partial charge in [0.15, 0.2) is 0 Å². The van der Waals surface area contributed by atoms with Crippen LogP contribution in [0.1, 0.15) is 22.3 Å². The van der Waals surface area contributed by atoms with Crippen LogP contribution in [0.2, 0.25) is 0 Å². The van der Waals surface area contributed by atoms with Crippen LogP contribution in [-0.4, -0.2) is 0 Å². The second-order valence-electron chi connectivity index (χ2n) is 18.1. The first-order valence-electron chi connectivity index (χ1n) is 24.7. The molecule has 0 radical (unpaired) electrons. The van der Waals surface area contributed by atoms with Crippen molar-refractivity contribution in [1.29, 1.82) is 0 Å². The minimum atomic E-state index is 1.07. The summed E-state index contributed by atoms with van der Waals surface area (Å²) in [5.41, 5.74) is 18.1. The summed E-state index contributed by atoms with van der Waals surface area (Å²) in [7, 11) is 0. The molecule has 12 aromatic rings. The van der Waals surface area contributed by atoms with Crippen LogP contribution in [0.4, 0.5) is 34.1 Å². The Balaban J connectivity index is 0.998. The lowest BCUT2D eigenvalue weighted by molar-refractivity contribution is 1.28. The van der Waals surface area contributed by atoms with E-state index < -0.39 is 0 Å². The minimum Gasteiger partial charge on any atom is -0.310 e. The number of rotatable bonds is 12. The van der Waals surface area contributed by atoms with Gasteiger partial charge < -0.3 is 9.80 Å². The maximum atomic E-state index is 2.38. The summed E-state index contributed by atoms with van der Waals surface area (Å²) in [6.07, 6.45) is 0. The molecule has 0 atom stereocenters. The summed E-state index contributed by atoms with van der Waals surface area (Å²) in [6, 6.07) is 110. The van der Waals surface area contributed by atoms with E-state index in [2.05, 4.69) is 313 Å². The molecule has 2 heteroatoms. The Morgan fingerprint density at radius 1 is 0.181 bits per heavy atom. The third kappa shape index (κ3) is 8.97. The van der Waals surface area contributed by atoms with Gasteiger partial charge in [-0.2, -0.15) is 0 Å². The summed E-state index contributed by atoms with van der Waals surface area (Å²) < 4.78 is 0. The highest BCUT2D eigenvalue weighted by atomic mass is 15.1. The summed E-state index contributed by atoms with van der Waals surface area (Å²) in [5.74, 6) is 0. The Morgan fingerprint density at radius 2 is 0.472 bits per heavy atom. The summed E-state index contributed by atoms with van der Waals surface area (Å²) in [6.45, 7) is 0. The molecule has 0 aromatic heterocycles. The number of benzene rings is 12. The zero-order valence-electron chi connectivity index (χ0n) is 39.8. The Bertz CT molecular complexity index is 3570. The van der Waals surface area contributed by atoms with Crippen LogP contribution >= 0.6 is 0 Å². The van der Waals surface area contributed by atoms with Gasteiger partial charge in [0.1, 0.15) is 0 Å². The number of anilines is 6. The molecule has 0 heterocycles. The monoisotopic (exact) mass is 918 g/mol. The average molecular weight is 919 g/mol. The Hall–Kier alpha value is -9.50. The number of fused-ring (bicyclic) bond motifs is 2. The smallest absolute Gasteiger partial charge is 0.0468 e. The van der Waals surface area contributed by atoms with E-state index in [-0.39, 0.29) is 0 Å². The quantitative estimate of drug-likeness (QED) is 0.113. The molecule has 0 saturated carbocycles. The molecular weight excluding hydrogens is 869 g/mol. The number of hydrogen-bond acceptors (Lipinski definition) is 2. The van der Waals surface area contributed by atoms with E-state index >= 15 is 0 Å². The molecule has 72 heavy (non-hydrogen) atoms. The molecule has 12 aromatic carbocycles. The molecule has 0 N–H and O–H groups in total. The molecule has 0 aliphatic carbocycles. The third-order valence-electron chi connectivity index (χ3n) is 13.6. The van der Waals surface area contributed by atoms with Crippen molar-refractivity contribution in [1.82, 2.24) is 0 Å². The number of hydrogen-bond donors (Lipinski definition) is 0. The molecule has 0 spiro atoms. The largest absolute Gasteiger partial charge is 0.310 e. The fourth-order valence-electron chi connectivity index (χ4n) is 10.1. The lowest BCUT2D eigenvalue weighted by Crippen LogP contribution is -2.10. The molecule has 0 bridgehead atoms. The number of nitrogens with zero attached hydrogens (tertiary/aromatic N) is 2. The van der Waals surface area contributed by atoms with Crippen LogP contribution in [0, 0.1) is 0 Å². The fourth-order valence-corrected chi connectivity index (χ4v) is 10.1. The van der Waals surface area contributed by atoms with Crippen molar-refractivity contribution in [3.8, 4) is 22.3 Å². The Kier molecular flexibility index (Phi) is 12.1. The SMILES string of the molecule is c1ccc(/C(=C(/c2ccccc2)c2ccc(N(c3cccc(-c4ccccc4)c3)c3ccc4ccccc4c3)cc2)c2ccc(N(c3cccc(-c4ccccc4)c3)c3ccc4ccccc4c3)cc2)cc1. The Morgan fingerprint density at radius 3 is 0.861 bits per heavy atom. The summed E-state index contributed by atoms with van der Waals surface area (Å²) >= 11 is 0. The van der Waals surface area contributed by atoms with E-state index in [4.69, 9.17) is 0 Å². The predicted octanol–water partition coefficient (Wildman–Crippen LogP) is 19.3. The van der Waals surface area contributed by atoms with Gasteiger partial charge in [-0.25, -0.2) is 0 Å². The molecule has 0 unspecified atom stereocenters. The molecule has 2 nitrogen and oxygen atoms in total. The van der Waals surface area contributed by atoms with Gasteiger partial charge in [-0.15, -0.1) is 0 Å². The molecule has 0 saturated heterocycles. The standard InChI is InChI=1S/C70H50N2/c1-5-19-51(20-6-1)61-31-17-33-65(47-61)71(67-45-35-53-23-13-15-29-59(53)49-67)63-41-37-57(38-42-63)69(55-25-9-3-10-26-55)70(56-27-11-4-12-28-56)58-39-43-64(44-40-58)72(68-46-36-54-24-14-16-30-60(54)50-68)66-34-18-32-62(48-66)52-21-7-2-8-22-52/h1-50H/b70-69+. The van der Waals surface area contributed by atoms with E-state index in [1.54, 1.807) is 0 Å². The van der Waals surface area contributed by atoms with E-state index in [9.17, 15) is 0 Å². The van der Waals surface area contributed by atoms with Crippen molar-refractivity contribution < 1.29 is 0 Å². The van der Waals surface area contributed by atoms with Crippen LogP contribution in [0.5, 0.6) is 0 Å². The lowest BCUT2D eigenvalue weighted by atomic mass is 9.85. The van der Waals surface area contributed by atoms with E-state index in [1.165, 1.54) is 43.8 Å². The highest BCUT2D eigenvalue weighted by Crippen LogP contribution is 2.43. The first-order chi connectivity index (χ1) is 35.7. The van der Waals surface area contributed by atoms with Crippen molar-refractivity contribution in [3.05, 3.63) is 326 Å². The maximum Gasteiger partial charge on any atom is 0.0468 e. The second-order valence-corrected chi connectivity index (χ2v) is 18.1. The van der Waals surface area contributed by atoms with Gasteiger partial charge in [0, 0.05) is 34.1 Å². The highest BCUT2D eigenvalue weighted by Gasteiger charge is 2.21. The first-order valence-corrected chi connectivity index (χ1v) is 24.7. The normalized spacial score (nSPS) is 11.6. The zero-order chi connectivity index (χ0) is 48.1. The highest BCUT2D eigenvalue weighted by molar-refractivity contribution is 6.05. The van der Waals surface area contributed by atoms with E-state index in [0.717, 1.165) is 67.5 Å². The van der Waals surface area contributed by atoms with Gasteiger partial charge in [-0.1, -0.05) is 231 Å². The van der Waals surface area contributed by atoms with Crippen LogP contribution < -0.4 is 9.80 Å². The van der Waals surface area contributed by atoms with Gasteiger partial charge in [0.25, 0.3) is 0 Å². The summed E-state index contributed by atoms with van der Waals surface area (Å²) in [4.78, 5) is 4.75. The van der Waals surface area contributed by atoms with E-state index in [0.29, 0.717) is 0 Å². The topological polar surface area (TPSA) is 6.48 Å². The molecule has 0 aliphatic rings.